The molecule has 0 N–H and O–H groups in total. The minimum absolute atomic E-state index is 0.0163. The van der Waals surface area contributed by atoms with Crippen LogP contribution in [-0.2, 0) is 14.3 Å². The molecule has 0 atom stereocenters. The zero-order valence-corrected chi connectivity index (χ0v) is 18.2. The molecule has 2 aromatic carbocycles. The summed E-state index contributed by atoms with van der Waals surface area (Å²) >= 11 is 0. The molecule has 7 heteroatoms. The van der Waals surface area contributed by atoms with Crippen molar-refractivity contribution in [3.63, 3.8) is 0 Å². The number of carbonyl (C=O) groups is 2. The third kappa shape index (κ3) is 7.22. The van der Waals surface area contributed by atoms with Crippen molar-refractivity contribution in [3.05, 3.63) is 59.7 Å². The highest BCUT2D eigenvalue weighted by atomic mass is 16.6. The summed E-state index contributed by atoms with van der Waals surface area (Å²) in [6, 6.07) is 10.3. The Morgan fingerprint density at radius 3 is 1.77 bits per heavy atom. The lowest BCUT2D eigenvalue weighted by Crippen LogP contribution is -2.06. The Morgan fingerprint density at radius 2 is 1.26 bits per heavy atom. The van der Waals surface area contributed by atoms with Crippen LogP contribution in [0.3, 0.4) is 0 Å². The molecule has 0 radical (unpaired) electrons. The van der Waals surface area contributed by atoms with Crippen LogP contribution in [0.5, 0.6) is 23.0 Å². The third-order valence-electron chi connectivity index (χ3n) is 3.97. The van der Waals surface area contributed by atoms with Crippen molar-refractivity contribution in [2.45, 2.75) is 20.0 Å². The van der Waals surface area contributed by atoms with E-state index in [1.54, 1.807) is 49.6 Å². The topological polar surface area (TPSA) is 80.3 Å². The Balaban J connectivity index is 2.10. The first-order valence-corrected chi connectivity index (χ1v) is 9.55. The van der Waals surface area contributed by atoms with Gasteiger partial charge < -0.3 is 23.7 Å². The van der Waals surface area contributed by atoms with E-state index in [0.717, 1.165) is 5.56 Å². The molecule has 0 bridgehead atoms. The number of methoxy groups -OCH3 is 3. The summed E-state index contributed by atoms with van der Waals surface area (Å²) in [5.41, 5.74) is 1.44. The van der Waals surface area contributed by atoms with Gasteiger partial charge in [0, 0.05) is 12.2 Å². The van der Waals surface area contributed by atoms with Crippen LogP contribution in [-0.4, -0.2) is 39.4 Å². The average molecular weight is 426 g/mol. The summed E-state index contributed by atoms with van der Waals surface area (Å²) in [5.74, 6) is 0.763. The minimum Gasteiger partial charge on any atom is -0.493 e. The molecule has 2 aromatic rings. The second-order valence-electron chi connectivity index (χ2n) is 6.60. The number of hydrogen-bond acceptors (Lipinski definition) is 7. The van der Waals surface area contributed by atoms with Crippen molar-refractivity contribution < 1.29 is 33.3 Å². The van der Waals surface area contributed by atoms with Crippen LogP contribution in [0, 0.1) is 0 Å². The first-order valence-electron chi connectivity index (χ1n) is 9.55. The van der Waals surface area contributed by atoms with Crippen molar-refractivity contribution in [2.24, 2.45) is 0 Å². The van der Waals surface area contributed by atoms with Crippen molar-refractivity contribution in [2.75, 3.05) is 21.3 Å². The Morgan fingerprint density at radius 1 is 0.742 bits per heavy atom. The van der Waals surface area contributed by atoms with Crippen molar-refractivity contribution in [3.8, 4) is 23.0 Å². The van der Waals surface area contributed by atoms with E-state index in [0.29, 0.717) is 22.8 Å². The van der Waals surface area contributed by atoms with Gasteiger partial charge in [-0.15, -0.1) is 0 Å². The number of carbonyl (C=O) groups excluding carboxylic acids is 2. The maximum Gasteiger partial charge on any atom is 0.336 e. The van der Waals surface area contributed by atoms with Gasteiger partial charge in [0.1, 0.15) is 0 Å². The Hall–Kier alpha value is -3.74. The SMILES string of the molecule is COC(=O)/C=C/c1ccc(OC(=O)/C=C/c2ccc(OC(C)C)c(OC)c2)c(OC)c1. The zero-order chi connectivity index (χ0) is 22.8. The molecule has 0 fully saturated rings. The lowest BCUT2D eigenvalue weighted by molar-refractivity contribution is -0.134. The van der Waals surface area contributed by atoms with Gasteiger partial charge in [0.05, 0.1) is 27.4 Å². The Kier molecular flexibility index (Phi) is 8.69. The first-order chi connectivity index (χ1) is 14.9. The lowest BCUT2D eigenvalue weighted by atomic mass is 10.2. The molecule has 7 nitrogen and oxygen atoms in total. The largest absolute Gasteiger partial charge is 0.493 e. The maximum absolute atomic E-state index is 12.3. The molecule has 0 aliphatic carbocycles. The average Bonchev–Trinajstić information content (AvgIpc) is 2.76. The van der Waals surface area contributed by atoms with Gasteiger partial charge in [-0.1, -0.05) is 12.1 Å². The van der Waals surface area contributed by atoms with Gasteiger partial charge in [-0.25, -0.2) is 9.59 Å². The number of esters is 2. The van der Waals surface area contributed by atoms with Gasteiger partial charge in [0.25, 0.3) is 0 Å². The molecule has 0 aliphatic heterocycles. The van der Waals surface area contributed by atoms with Crippen LogP contribution < -0.4 is 18.9 Å². The maximum atomic E-state index is 12.3. The van der Waals surface area contributed by atoms with Gasteiger partial charge in [-0.2, -0.15) is 0 Å². The molecule has 0 unspecified atom stereocenters. The molecule has 0 saturated carbocycles. The van der Waals surface area contributed by atoms with Gasteiger partial charge in [-0.05, 0) is 61.4 Å². The highest BCUT2D eigenvalue weighted by Crippen LogP contribution is 2.30. The van der Waals surface area contributed by atoms with Crippen LogP contribution in [0.1, 0.15) is 25.0 Å². The molecule has 0 aromatic heterocycles. The van der Waals surface area contributed by atoms with E-state index in [-0.39, 0.29) is 11.9 Å². The number of hydrogen-bond donors (Lipinski definition) is 0. The normalized spacial score (nSPS) is 11.0. The van der Waals surface area contributed by atoms with E-state index in [1.165, 1.54) is 26.4 Å². The van der Waals surface area contributed by atoms with Crippen LogP contribution >= 0.6 is 0 Å². The Bertz CT molecular complexity index is 974. The molecule has 0 spiro atoms. The Labute approximate surface area is 181 Å². The fraction of sp³-hybridized carbons (Fsp3) is 0.250. The predicted molar refractivity (Wildman–Crippen MR) is 117 cm³/mol. The summed E-state index contributed by atoms with van der Waals surface area (Å²) < 4.78 is 26.2. The summed E-state index contributed by atoms with van der Waals surface area (Å²) in [4.78, 5) is 23.5. The van der Waals surface area contributed by atoms with Gasteiger partial charge in [0.15, 0.2) is 23.0 Å². The monoisotopic (exact) mass is 426 g/mol. The van der Waals surface area contributed by atoms with Crippen LogP contribution in [0.4, 0.5) is 0 Å². The lowest BCUT2D eigenvalue weighted by Gasteiger charge is -2.13. The van der Waals surface area contributed by atoms with E-state index >= 15 is 0 Å². The van der Waals surface area contributed by atoms with Crippen LogP contribution in [0.15, 0.2) is 48.6 Å². The van der Waals surface area contributed by atoms with Crippen LogP contribution in [0.2, 0.25) is 0 Å². The van der Waals surface area contributed by atoms with Gasteiger partial charge >= 0.3 is 11.9 Å². The highest BCUT2D eigenvalue weighted by molar-refractivity contribution is 5.89. The smallest absolute Gasteiger partial charge is 0.336 e. The summed E-state index contributed by atoms with van der Waals surface area (Å²) in [6.45, 7) is 3.86. The third-order valence-corrected chi connectivity index (χ3v) is 3.97. The molecular formula is C24H26O7. The van der Waals surface area contributed by atoms with Crippen molar-refractivity contribution in [1.29, 1.82) is 0 Å². The molecule has 31 heavy (non-hydrogen) atoms. The fourth-order valence-corrected chi connectivity index (χ4v) is 2.55. The van der Waals surface area contributed by atoms with Crippen LogP contribution in [0.25, 0.3) is 12.2 Å². The minimum atomic E-state index is -0.572. The molecule has 164 valence electrons. The molecule has 2 rings (SSSR count). The quantitative estimate of drug-likeness (QED) is 0.336. The van der Waals surface area contributed by atoms with Crippen molar-refractivity contribution >= 4 is 24.1 Å². The number of ether oxygens (including phenoxy) is 5. The molecule has 0 saturated heterocycles. The summed E-state index contributed by atoms with van der Waals surface area (Å²) in [6.07, 6.45) is 5.80. The standard InChI is InChI=1S/C24H26O7/c1-16(2)30-19-10-6-18(14-21(19)27-3)9-13-24(26)31-20-11-7-17(15-22(20)28-4)8-12-23(25)29-5/h6-16H,1-5H3/b12-8+,13-9+. The second-order valence-corrected chi connectivity index (χ2v) is 6.60. The summed E-state index contributed by atoms with van der Waals surface area (Å²) in [7, 11) is 4.32. The van der Waals surface area contributed by atoms with E-state index < -0.39 is 11.9 Å². The molecule has 0 heterocycles. The van der Waals surface area contributed by atoms with E-state index in [2.05, 4.69) is 4.74 Å². The predicted octanol–water partition coefficient (Wildman–Crippen LogP) is 4.30. The van der Waals surface area contributed by atoms with E-state index in [1.807, 2.05) is 19.9 Å². The molecule has 0 amide bonds. The number of rotatable bonds is 9. The van der Waals surface area contributed by atoms with E-state index in [4.69, 9.17) is 18.9 Å². The zero-order valence-electron chi connectivity index (χ0n) is 18.2. The van der Waals surface area contributed by atoms with E-state index in [9.17, 15) is 9.59 Å². The molecular weight excluding hydrogens is 400 g/mol. The highest BCUT2D eigenvalue weighted by Gasteiger charge is 2.10. The fourth-order valence-electron chi connectivity index (χ4n) is 2.55. The van der Waals surface area contributed by atoms with Gasteiger partial charge in [-0.3, -0.25) is 0 Å². The first kappa shape index (κ1) is 23.5. The van der Waals surface area contributed by atoms with Crippen molar-refractivity contribution in [1.82, 2.24) is 0 Å². The summed E-state index contributed by atoms with van der Waals surface area (Å²) in [5, 5.41) is 0. The second kappa shape index (κ2) is 11.4. The van der Waals surface area contributed by atoms with Gasteiger partial charge in [0.2, 0.25) is 0 Å². The molecule has 0 aliphatic rings. The number of benzene rings is 2.